The zero-order valence-corrected chi connectivity index (χ0v) is 14.4. The van der Waals surface area contributed by atoms with Crippen molar-refractivity contribution < 1.29 is 19.1 Å². The lowest BCUT2D eigenvalue weighted by atomic mass is 10.3. The van der Waals surface area contributed by atoms with Crippen LogP contribution in [-0.4, -0.2) is 43.7 Å². The van der Waals surface area contributed by atoms with Crippen LogP contribution in [0.1, 0.15) is 19.8 Å². The molecule has 3 amide bonds. The molecule has 1 rings (SSSR count). The van der Waals surface area contributed by atoms with Gasteiger partial charge in [0, 0.05) is 25.0 Å². The molecular formula is C16H24N2O4S. The first kappa shape index (κ1) is 19.2. The van der Waals surface area contributed by atoms with Gasteiger partial charge in [0.15, 0.2) is 0 Å². The Bertz CT molecular complexity index is 479. The minimum atomic E-state index is -0.477. The standard InChI is InChI=1S/C16H24N2O4S/c1-3-9-21-13-4-6-14(7-5-13)22-10-12-23-11-8-15(19)18-16(20)17-2/h4-7H,3,8-12H2,1-2H3,(H2,17,18,19,20). The summed E-state index contributed by atoms with van der Waals surface area (Å²) in [6.45, 7) is 3.35. The Balaban J connectivity index is 2.08. The number of ether oxygens (including phenoxy) is 2. The van der Waals surface area contributed by atoms with E-state index in [2.05, 4.69) is 17.6 Å². The predicted octanol–water partition coefficient (Wildman–Crippen LogP) is 2.43. The molecule has 23 heavy (non-hydrogen) atoms. The minimum absolute atomic E-state index is 0.277. The molecule has 1 aromatic carbocycles. The Morgan fingerprint density at radius 1 is 1.04 bits per heavy atom. The normalized spacial score (nSPS) is 10.0. The fourth-order valence-corrected chi connectivity index (χ4v) is 2.32. The lowest BCUT2D eigenvalue weighted by molar-refractivity contribution is -0.119. The van der Waals surface area contributed by atoms with E-state index in [9.17, 15) is 9.59 Å². The van der Waals surface area contributed by atoms with E-state index in [0.717, 1.165) is 23.7 Å². The molecule has 0 radical (unpaired) electrons. The molecule has 2 N–H and O–H groups in total. The SMILES string of the molecule is CCCOc1ccc(OCCSCCC(=O)NC(=O)NC)cc1. The molecule has 0 unspecified atom stereocenters. The maximum absolute atomic E-state index is 11.3. The fourth-order valence-electron chi connectivity index (χ4n) is 1.59. The highest BCUT2D eigenvalue weighted by Gasteiger charge is 2.05. The zero-order valence-electron chi connectivity index (χ0n) is 13.6. The number of urea groups is 1. The van der Waals surface area contributed by atoms with Crippen LogP contribution in [0.15, 0.2) is 24.3 Å². The summed E-state index contributed by atoms with van der Waals surface area (Å²) in [4.78, 5) is 22.3. The topological polar surface area (TPSA) is 76.7 Å². The first-order chi connectivity index (χ1) is 11.2. The molecule has 6 nitrogen and oxygen atoms in total. The number of carbonyl (C=O) groups is 2. The van der Waals surface area contributed by atoms with E-state index in [1.54, 1.807) is 11.8 Å². The summed E-state index contributed by atoms with van der Waals surface area (Å²) < 4.78 is 11.1. The van der Waals surface area contributed by atoms with E-state index in [-0.39, 0.29) is 5.91 Å². The van der Waals surface area contributed by atoms with Gasteiger partial charge < -0.3 is 14.8 Å². The number of benzene rings is 1. The summed E-state index contributed by atoms with van der Waals surface area (Å²) in [6.07, 6.45) is 1.29. The maximum Gasteiger partial charge on any atom is 0.321 e. The van der Waals surface area contributed by atoms with Gasteiger partial charge in [0.1, 0.15) is 11.5 Å². The second-order valence-corrected chi connectivity index (χ2v) is 5.88. The van der Waals surface area contributed by atoms with Gasteiger partial charge in [-0.15, -0.1) is 0 Å². The number of amides is 3. The van der Waals surface area contributed by atoms with Crippen molar-refractivity contribution in [3.63, 3.8) is 0 Å². The van der Waals surface area contributed by atoms with Crippen LogP contribution in [0.2, 0.25) is 0 Å². The van der Waals surface area contributed by atoms with Crippen LogP contribution in [0.5, 0.6) is 11.5 Å². The van der Waals surface area contributed by atoms with E-state index in [0.29, 0.717) is 25.4 Å². The Hall–Kier alpha value is -1.89. The second-order valence-electron chi connectivity index (χ2n) is 4.66. The van der Waals surface area contributed by atoms with Gasteiger partial charge in [0.25, 0.3) is 0 Å². The molecule has 7 heteroatoms. The number of hydrogen-bond acceptors (Lipinski definition) is 5. The number of hydrogen-bond donors (Lipinski definition) is 2. The van der Waals surface area contributed by atoms with Crippen molar-refractivity contribution in [3.8, 4) is 11.5 Å². The molecule has 0 heterocycles. The highest BCUT2D eigenvalue weighted by molar-refractivity contribution is 7.99. The molecule has 0 spiro atoms. The minimum Gasteiger partial charge on any atom is -0.494 e. The van der Waals surface area contributed by atoms with Crippen molar-refractivity contribution in [3.05, 3.63) is 24.3 Å². The van der Waals surface area contributed by atoms with Crippen molar-refractivity contribution in [1.82, 2.24) is 10.6 Å². The van der Waals surface area contributed by atoms with Crippen molar-refractivity contribution in [2.24, 2.45) is 0 Å². The van der Waals surface area contributed by atoms with Crippen LogP contribution in [0.25, 0.3) is 0 Å². The van der Waals surface area contributed by atoms with E-state index in [4.69, 9.17) is 9.47 Å². The van der Waals surface area contributed by atoms with Gasteiger partial charge in [-0.3, -0.25) is 10.1 Å². The first-order valence-electron chi connectivity index (χ1n) is 7.60. The van der Waals surface area contributed by atoms with Gasteiger partial charge >= 0.3 is 6.03 Å². The van der Waals surface area contributed by atoms with Crippen LogP contribution in [0.4, 0.5) is 4.79 Å². The third kappa shape index (κ3) is 8.97. The number of thioether (sulfide) groups is 1. The maximum atomic E-state index is 11.3. The molecule has 0 saturated carbocycles. The van der Waals surface area contributed by atoms with Gasteiger partial charge in [-0.25, -0.2) is 4.79 Å². The van der Waals surface area contributed by atoms with Crippen LogP contribution in [-0.2, 0) is 4.79 Å². The van der Waals surface area contributed by atoms with Gasteiger partial charge in [-0.1, -0.05) is 6.92 Å². The molecule has 0 aliphatic rings. The van der Waals surface area contributed by atoms with E-state index in [1.807, 2.05) is 24.3 Å². The molecule has 0 aromatic heterocycles. The Labute approximate surface area is 141 Å². The molecule has 128 valence electrons. The van der Waals surface area contributed by atoms with Crippen molar-refractivity contribution in [2.75, 3.05) is 31.8 Å². The third-order valence-electron chi connectivity index (χ3n) is 2.75. The van der Waals surface area contributed by atoms with Gasteiger partial charge in [0.2, 0.25) is 5.91 Å². The Kier molecular flexibility index (Phi) is 9.70. The van der Waals surface area contributed by atoms with Gasteiger partial charge in [-0.2, -0.15) is 11.8 Å². The molecule has 0 bridgehead atoms. The van der Waals surface area contributed by atoms with Gasteiger partial charge in [-0.05, 0) is 30.7 Å². The quantitative estimate of drug-likeness (QED) is 0.640. The lowest BCUT2D eigenvalue weighted by Gasteiger charge is -2.08. The highest BCUT2D eigenvalue weighted by Crippen LogP contribution is 2.18. The summed E-state index contributed by atoms with van der Waals surface area (Å²) in [7, 11) is 1.47. The number of nitrogens with one attached hydrogen (secondary N) is 2. The average molecular weight is 340 g/mol. The fraction of sp³-hybridized carbons (Fsp3) is 0.500. The van der Waals surface area contributed by atoms with Crippen molar-refractivity contribution in [1.29, 1.82) is 0 Å². The third-order valence-corrected chi connectivity index (χ3v) is 3.69. The Morgan fingerprint density at radius 3 is 2.22 bits per heavy atom. The van der Waals surface area contributed by atoms with Crippen LogP contribution in [0, 0.1) is 0 Å². The number of carbonyl (C=O) groups excluding carboxylic acids is 2. The molecule has 0 atom stereocenters. The first-order valence-corrected chi connectivity index (χ1v) is 8.76. The molecule has 0 aliphatic carbocycles. The summed E-state index contributed by atoms with van der Waals surface area (Å²) in [6, 6.07) is 7.07. The van der Waals surface area contributed by atoms with Gasteiger partial charge in [0.05, 0.1) is 13.2 Å². The lowest BCUT2D eigenvalue weighted by Crippen LogP contribution is -2.37. The highest BCUT2D eigenvalue weighted by atomic mass is 32.2. The molecule has 0 aliphatic heterocycles. The van der Waals surface area contributed by atoms with Crippen LogP contribution >= 0.6 is 11.8 Å². The summed E-state index contributed by atoms with van der Waals surface area (Å²) in [5.74, 6) is 2.79. The van der Waals surface area contributed by atoms with Crippen molar-refractivity contribution in [2.45, 2.75) is 19.8 Å². The Morgan fingerprint density at radius 2 is 1.65 bits per heavy atom. The predicted molar refractivity (Wildman–Crippen MR) is 92.3 cm³/mol. The van der Waals surface area contributed by atoms with Crippen LogP contribution < -0.4 is 20.1 Å². The molecule has 0 saturated heterocycles. The van der Waals surface area contributed by atoms with E-state index >= 15 is 0 Å². The molecule has 1 aromatic rings. The van der Waals surface area contributed by atoms with Crippen molar-refractivity contribution >= 4 is 23.7 Å². The largest absolute Gasteiger partial charge is 0.494 e. The molecular weight excluding hydrogens is 316 g/mol. The number of imide groups is 1. The van der Waals surface area contributed by atoms with Crippen LogP contribution in [0.3, 0.4) is 0 Å². The smallest absolute Gasteiger partial charge is 0.321 e. The number of rotatable bonds is 10. The monoisotopic (exact) mass is 340 g/mol. The van der Waals surface area contributed by atoms with E-state index in [1.165, 1.54) is 7.05 Å². The summed E-state index contributed by atoms with van der Waals surface area (Å²) in [5, 5.41) is 4.55. The second kappa shape index (κ2) is 11.6. The summed E-state index contributed by atoms with van der Waals surface area (Å²) in [5.41, 5.74) is 0. The van der Waals surface area contributed by atoms with E-state index < -0.39 is 6.03 Å². The average Bonchev–Trinajstić information content (AvgIpc) is 2.57. The summed E-state index contributed by atoms with van der Waals surface area (Å²) >= 11 is 1.61. The molecule has 0 fully saturated rings. The zero-order chi connectivity index (χ0) is 16.9.